The van der Waals surface area contributed by atoms with E-state index in [1.54, 1.807) is 35.5 Å². The van der Waals surface area contributed by atoms with E-state index in [0.717, 1.165) is 37.4 Å². The topological polar surface area (TPSA) is 102 Å². The smallest absolute Gasteiger partial charge is 0.277 e. The number of rotatable bonds is 4. The molecule has 1 N–H and O–H groups in total. The summed E-state index contributed by atoms with van der Waals surface area (Å²) in [6.45, 7) is 1.90. The van der Waals surface area contributed by atoms with Crippen LogP contribution in [0.4, 0.5) is 11.6 Å². The van der Waals surface area contributed by atoms with Gasteiger partial charge >= 0.3 is 0 Å². The predicted octanol–water partition coefficient (Wildman–Crippen LogP) is 1.30. The summed E-state index contributed by atoms with van der Waals surface area (Å²) in [4.78, 5) is 31.2. The predicted molar refractivity (Wildman–Crippen MR) is 90.6 cm³/mol. The van der Waals surface area contributed by atoms with Gasteiger partial charge in [-0.15, -0.1) is 0 Å². The number of hydrogen-bond acceptors (Lipinski definition) is 7. The first-order chi connectivity index (χ1) is 12.3. The van der Waals surface area contributed by atoms with E-state index < -0.39 is 0 Å². The number of amides is 1. The molecule has 3 aromatic heterocycles. The number of carbonyl (C=O) groups is 1. The first-order valence-corrected chi connectivity index (χ1v) is 7.99. The van der Waals surface area contributed by atoms with E-state index >= 15 is 0 Å². The quantitative estimate of drug-likeness (QED) is 0.766. The number of hydrogen-bond donors (Lipinski definition) is 1. The molecule has 0 radical (unpaired) electrons. The molecule has 1 saturated heterocycles. The zero-order valence-electron chi connectivity index (χ0n) is 13.4. The molecule has 1 amide bonds. The molecule has 0 bridgehead atoms. The summed E-state index contributed by atoms with van der Waals surface area (Å²) in [6.07, 6.45) is 10.1. The maximum Gasteiger partial charge on any atom is 0.277 e. The van der Waals surface area contributed by atoms with Crippen LogP contribution in [-0.4, -0.2) is 48.7 Å². The molecule has 0 saturated carbocycles. The number of anilines is 2. The molecule has 9 nitrogen and oxygen atoms in total. The second-order valence-electron chi connectivity index (χ2n) is 5.65. The maximum absolute atomic E-state index is 12.4. The van der Waals surface area contributed by atoms with E-state index in [1.165, 1.54) is 12.5 Å². The van der Waals surface area contributed by atoms with Crippen LogP contribution in [0.5, 0.6) is 0 Å². The van der Waals surface area contributed by atoms with Crippen LogP contribution in [0.1, 0.15) is 23.3 Å². The van der Waals surface area contributed by atoms with E-state index in [9.17, 15) is 4.79 Å². The standard InChI is InChI=1S/C16H16N8O/c25-16(13-8-17-9-15(21-13)23-5-1-2-6-23)22-14-4-3-12(7-19-14)24-11-18-10-20-24/h3-4,7-11H,1-2,5-6H2,(H,19,22,25). The van der Waals surface area contributed by atoms with Gasteiger partial charge in [0.2, 0.25) is 0 Å². The number of carbonyl (C=O) groups excluding carboxylic acids is 1. The lowest BCUT2D eigenvalue weighted by Crippen LogP contribution is -2.22. The van der Waals surface area contributed by atoms with Crippen LogP contribution in [0, 0.1) is 0 Å². The van der Waals surface area contributed by atoms with Crippen molar-refractivity contribution in [3.63, 3.8) is 0 Å². The fourth-order valence-electron chi connectivity index (χ4n) is 2.68. The Morgan fingerprint density at radius 3 is 2.68 bits per heavy atom. The Bertz CT molecular complexity index is 856. The largest absolute Gasteiger partial charge is 0.355 e. The normalized spacial score (nSPS) is 13.8. The van der Waals surface area contributed by atoms with Crippen molar-refractivity contribution < 1.29 is 4.79 Å². The van der Waals surface area contributed by atoms with Gasteiger partial charge in [-0.1, -0.05) is 0 Å². The summed E-state index contributed by atoms with van der Waals surface area (Å²) >= 11 is 0. The van der Waals surface area contributed by atoms with Crippen LogP contribution in [0.2, 0.25) is 0 Å². The van der Waals surface area contributed by atoms with Gasteiger partial charge in [0.1, 0.15) is 30.0 Å². The van der Waals surface area contributed by atoms with E-state index in [0.29, 0.717) is 5.82 Å². The molecule has 0 aromatic carbocycles. The number of nitrogens with one attached hydrogen (secondary N) is 1. The molecule has 1 fully saturated rings. The van der Waals surface area contributed by atoms with Crippen molar-refractivity contribution in [1.29, 1.82) is 0 Å². The number of nitrogens with zero attached hydrogens (tertiary/aromatic N) is 7. The first-order valence-electron chi connectivity index (χ1n) is 7.99. The van der Waals surface area contributed by atoms with Gasteiger partial charge in [0.15, 0.2) is 0 Å². The van der Waals surface area contributed by atoms with Gasteiger partial charge in [0.05, 0.1) is 24.3 Å². The van der Waals surface area contributed by atoms with E-state index in [2.05, 4.69) is 35.3 Å². The van der Waals surface area contributed by atoms with Gasteiger partial charge in [-0.3, -0.25) is 9.78 Å². The molecule has 25 heavy (non-hydrogen) atoms. The summed E-state index contributed by atoms with van der Waals surface area (Å²) < 4.78 is 1.59. The van der Waals surface area contributed by atoms with Crippen molar-refractivity contribution in [3.05, 3.63) is 49.1 Å². The third kappa shape index (κ3) is 3.30. The van der Waals surface area contributed by atoms with Crippen LogP contribution in [-0.2, 0) is 0 Å². The molecule has 1 aliphatic heterocycles. The zero-order chi connectivity index (χ0) is 17.1. The Labute approximate surface area is 143 Å². The Balaban J connectivity index is 1.47. The highest BCUT2D eigenvalue weighted by molar-refractivity contribution is 6.02. The van der Waals surface area contributed by atoms with Crippen LogP contribution < -0.4 is 10.2 Å². The molecule has 0 unspecified atom stereocenters. The van der Waals surface area contributed by atoms with Crippen LogP contribution in [0.15, 0.2) is 43.4 Å². The third-order valence-corrected chi connectivity index (χ3v) is 3.96. The van der Waals surface area contributed by atoms with Gasteiger partial charge in [0.25, 0.3) is 5.91 Å². The first kappa shape index (κ1) is 15.2. The highest BCUT2D eigenvalue weighted by Crippen LogP contribution is 2.17. The van der Waals surface area contributed by atoms with Crippen LogP contribution >= 0.6 is 0 Å². The molecular weight excluding hydrogens is 320 g/mol. The highest BCUT2D eigenvalue weighted by Gasteiger charge is 2.16. The third-order valence-electron chi connectivity index (χ3n) is 3.96. The summed E-state index contributed by atoms with van der Waals surface area (Å²) in [7, 11) is 0. The fourth-order valence-corrected chi connectivity index (χ4v) is 2.68. The van der Waals surface area contributed by atoms with E-state index in [1.807, 2.05) is 0 Å². The molecule has 4 heterocycles. The zero-order valence-corrected chi connectivity index (χ0v) is 13.4. The van der Waals surface area contributed by atoms with Gasteiger partial charge < -0.3 is 10.2 Å². The minimum Gasteiger partial charge on any atom is -0.355 e. The van der Waals surface area contributed by atoms with Gasteiger partial charge in [-0.25, -0.2) is 19.6 Å². The average molecular weight is 336 g/mol. The molecular formula is C16H16N8O. The average Bonchev–Trinajstić information content (AvgIpc) is 3.36. The molecule has 0 aliphatic carbocycles. The van der Waals surface area contributed by atoms with Crippen molar-refractivity contribution >= 4 is 17.5 Å². The number of pyridine rings is 1. The SMILES string of the molecule is O=C(Nc1ccc(-n2cncn2)cn1)c1cncc(N2CCCC2)n1. The summed E-state index contributed by atoms with van der Waals surface area (Å²) in [6, 6.07) is 3.50. The molecule has 0 atom stereocenters. The summed E-state index contributed by atoms with van der Waals surface area (Å²) in [5.41, 5.74) is 1.03. The molecule has 4 rings (SSSR count). The van der Waals surface area contributed by atoms with Gasteiger partial charge in [-0.05, 0) is 25.0 Å². The molecule has 9 heteroatoms. The molecule has 1 aliphatic rings. The van der Waals surface area contributed by atoms with Crippen molar-refractivity contribution in [2.75, 3.05) is 23.3 Å². The van der Waals surface area contributed by atoms with Gasteiger partial charge in [-0.2, -0.15) is 5.10 Å². The van der Waals surface area contributed by atoms with Crippen molar-refractivity contribution in [3.8, 4) is 5.69 Å². The van der Waals surface area contributed by atoms with E-state index in [-0.39, 0.29) is 11.6 Å². The minimum absolute atomic E-state index is 0.270. The van der Waals surface area contributed by atoms with Crippen molar-refractivity contribution in [1.82, 2.24) is 29.7 Å². The van der Waals surface area contributed by atoms with Crippen LogP contribution in [0.3, 0.4) is 0 Å². The lowest BCUT2D eigenvalue weighted by molar-refractivity contribution is 0.102. The maximum atomic E-state index is 12.4. The Hall–Kier alpha value is -3.36. The molecule has 3 aromatic rings. The van der Waals surface area contributed by atoms with Gasteiger partial charge in [0, 0.05) is 13.1 Å². The summed E-state index contributed by atoms with van der Waals surface area (Å²) in [5, 5.41) is 6.76. The highest BCUT2D eigenvalue weighted by atomic mass is 16.1. The second-order valence-corrected chi connectivity index (χ2v) is 5.65. The second kappa shape index (κ2) is 6.63. The van der Waals surface area contributed by atoms with E-state index in [4.69, 9.17) is 0 Å². The summed E-state index contributed by atoms with van der Waals surface area (Å²) in [5.74, 6) is 0.830. The van der Waals surface area contributed by atoms with Crippen molar-refractivity contribution in [2.45, 2.75) is 12.8 Å². The monoisotopic (exact) mass is 336 g/mol. The van der Waals surface area contributed by atoms with Crippen LogP contribution in [0.25, 0.3) is 5.69 Å². The molecule has 126 valence electrons. The molecule has 0 spiro atoms. The number of aromatic nitrogens is 6. The Kier molecular flexibility index (Phi) is 4.03. The lowest BCUT2D eigenvalue weighted by Gasteiger charge is -2.16. The Morgan fingerprint density at radius 2 is 1.96 bits per heavy atom. The fraction of sp³-hybridized carbons (Fsp3) is 0.250. The van der Waals surface area contributed by atoms with Crippen molar-refractivity contribution in [2.24, 2.45) is 0 Å². The minimum atomic E-state index is -0.338. The Morgan fingerprint density at radius 1 is 1.08 bits per heavy atom. The lowest BCUT2D eigenvalue weighted by atomic mass is 10.3.